The maximum absolute atomic E-state index is 12.9. The number of benzene rings is 3. The van der Waals surface area contributed by atoms with Gasteiger partial charge in [-0.3, -0.25) is 0 Å². The Labute approximate surface area is 199 Å². The number of thioether (sulfide) groups is 1. The molecule has 0 spiro atoms. The van der Waals surface area contributed by atoms with E-state index in [0.717, 1.165) is 27.6 Å². The number of rotatable bonds is 7. The molecule has 4 nitrogen and oxygen atoms in total. The SMILES string of the molecule is COC(=O)c1c(SCc2ccc(C)cc2)nc2ccccc2c1OCc1cc(C)ccc1C. The molecule has 4 aromatic rings. The van der Waals surface area contributed by atoms with Gasteiger partial charge in [0.1, 0.15) is 22.9 Å². The minimum absolute atomic E-state index is 0.355. The lowest BCUT2D eigenvalue weighted by atomic mass is 10.1. The molecule has 0 N–H and O–H groups in total. The number of pyridine rings is 1. The molecule has 1 aromatic heterocycles. The third-order valence-corrected chi connectivity index (χ3v) is 6.62. The Bertz CT molecular complexity index is 1300. The number of aryl methyl sites for hydroxylation is 3. The molecule has 0 bridgehead atoms. The molecule has 1 heterocycles. The van der Waals surface area contributed by atoms with Crippen molar-refractivity contribution < 1.29 is 14.3 Å². The third kappa shape index (κ3) is 5.20. The number of aromatic nitrogens is 1. The fourth-order valence-corrected chi connectivity index (χ4v) is 4.62. The second-order valence-corrected chi connectivity index (χ2v) is 9.09. The van der Waals surface area contributed by atoms with Crippen molar-refractivity contribution in [2.24, 2.45) is 0 Å². The van der Waals surface area contributed by atoms with Crippen LogP contribution in [0.1, 0.15) is 38.2 Å². The molecule has 0 radical (unpaired) electrons. The lowest BCUT2D eigenvalue weighted by Crippen LogP contribution is -2.10. The molecule has 0 aliphatic carbocycles. The van der Waals surface area contributed by atoms with Gasteiger partial charge in [0.2, 0.25) is 0 Å². The molecule has 0 aliphatic heterocycles. The normalized spacial score (nSPS) is 10.9. The molecule has 0 aliphatic rings. The van der Waals surface area contributed by atoms with Gasteiger partial charge >= 0.3 is 5.97 Å². The molecule has 33 heavy (non-hydrogen) atoms. The second kappa shape index (κ2) is 10.1. The highest BCUT2D eigenvalue weighted by atomic mass is 32.2. The highest BCUT2D eigenvalue weighted by molar-refractivity contribution is 7.98. The van der Waals surface area contributed by atoms with Crippen molar-refractivity contribution in [3.8, 4) is 5.75 Å². The van der Waals surface area contributed by atoms with Crippen molar-refractivity contribution in [1.29, 1.82) is 0 Å². The Morgan fingerprint density at radius 2 is 1.67 bits per heavy atom. The average molecular weight is 458 g/mol. The zero-order chi connectivity index (χ0) is 23.4. The van der Waals surface area contributed by atoms with E-state index in [1.54, 1.807) is 0 Å². The van der Waals surface area contributed by atoms with Crippen LogP contribution in [-0.2, 0) is 17.1 Å². The van der Waals surface area contributed by atoms with Gasteiger partial charge in [0, 0.05) is 11.1 Å². The first-order chi connectivity index (χ1) is 16.0. The summed E-state index contributed by atoms with van der Waals surface area (Å²) in [6.07, 6.45) is 0. The van der Waals surface area contributed by atoms with Crippen LogP contribution in [0.15, 0.2) is 71.8 Å². The Balaban J connectivity index is 1.76. The van der Waals surface area contributed by atoms with E-state index in [1.807, 2.05) is 24.3 Å². The van der Waals surface area contributed by atoms with Crippen molar-refractivity contribution in [2.75, 3.05) is 7.11 Å². The summed E-state index contributed by atoms with van der Waals surface area (Å²) in [6, 6.07) is 22.4. The first-order valence-electron chi connectivity index (χ1n) is 10.8. The molecule has 0 saturated carbocycles. The summed E-state index contributed by atoms with van der Waals surface area (Å²) in [7, 11) is 1.39. The maximum atomic E-state index is 12.9. The number of hydrogen-bond acceptors (Lipinski definition) is 5. The first-order valence-corrected chi connectivity index (χ1v) is 11.8. The molecule has 168 valence electrons. The topological polar surface area (TPSA) is 48.4 Å². The molecule has 0 atom stereocenters. The summed E-state index contributed by atoms with van der Waals surface area (Å²) < 4.78 is 11.5. The molecule has 4 rings (SSSR count). The number of methoxy groups -OCH3 is 1. The highest BCUT2D eigenvalue weighted by Crippen LogP contribution is 2.37. The Hall–Kier alpha value is -3.31. The van der Waals surface area contributed by atoms with Gasteiger partial charge in [0.25, 0.3) is 0 Å². The van der Waals surface area contributed by atoms with Crippen LogP contribution in [0.5, 0.6) is 5.75 Å². The molecule has 0 saturated heterocycles. The van der Waals surface area contributed by atoms with Gasteiger partial charge in [-0.25, -0.2) is 9.78 Å². The predicted octanol–water partition coefficient (Wildman–Crippen LogP) is 6.82. The summed E-state index contributed by atoms with van der Waals surface area (Å²) in [4.78, 5) is 17.7. The Morgan fingerprint density at radius 1 is 0.939 bits per heavy atom. The van der Waals surface area contributed by atoms with Crippen molar-refractivity contribution in [3.05, 3.63) is 100 Å². The first kappa shape index (κ1) is 22.9. The van der Waals surface area contributed by atoms with Crippen LogP contribution < -0.4 is 4.74 Å². The van der Waals surface area contributed by atoms with Crippen molar-refractivity contribution in [1.82, 2.24) is 4.98 Å². The summed E-state index contributed by atoms with van der Waals surface area (Å²) >= 11 is 1.51. The van der Waals surface area contributed by atoms with Crippen LogP contribution in [0, 0.1) is 20.8 Å². The van der Waals surface area contributed by atoms with Gasteiger partial charge in [-0.2, -0.15) is 0 Å². The van der Waals surface area contributed by atoms with Gasteiger partial charge in [0.05, 0.1) is 12.6 Å². The van der Waals surface area contributed by atoms with Crippen molar-refractivity contribution in [3.63, 3.8) is 0 Å². The van der Waals surface area contributed by atoms with E-state index in [0.29, 0.717) is 28.7 Å². The van der Waals surface area contributed by atoms with Crippen molar-refractivity contribution >= 4 is 28.6 Å². The van der Waals surface area contributed by atoms with E-state index in [1.165, 1.54) is 30.0 Å². The number of esters is 1. The van der Waals surface area contributed by atoms with Crippen LogP contribution in [0.2, 0.25) is 0 Å². The van der Waals surface area contributed by atoms with E-state index < -0.39 is 5.97 Å². The van der Waals surface area contributed by atoms with Gasteiger partial charge in [-0.1, -0.05) is 65.7 Å². The van der Waals surface area contributed by atoms with E-state index in [-0.39, 0.29) is 0 Å². The second-order valence-electron chi connectivity index (χ2n) is 8.12. The zero-order valence-electron chi connectivity index (χ0n) is 19.3. The number of ether oxygens (including phenoxy) is 2. The van der Waals surface area contributed by atoms with Crippen LogP contribution in [-0.4, -0.2) is 18.1 Å². The predicted molar refractivity (Wildman–Crippen MR) is 134 cm³/mol. The lowest BCUT2D eigenvalue weighted by Gasteiger charge is -2.17. The average Bonchev–Trinajstić information content (AvgIpc) is 2.83. The third-order valence-electron chi connectivity index (χ3n) is 5.57. The lowest BCUT2D eigenvalue weighted by molar-refractivity contribution is 0.0590. The van der Waals surface area contributed by atoms with E-state index >= 15 is 0 Å². The van der Waals surface area contributed by atoms with Crippen molar-refractivity contribution in [2.45, 2.75) is 38.2 Å². The number of para-hydroxylation sites is 1. The molecule has 3 aromatic carbocycles. The monoisotopic (exact) mass is 457 g/mol. The van der Waals surface area contributed by atoms with Crippen LogP contribution in [0.3, 0.4) is 0 Å². The molecule has 5 heteroatoms. The van der Waals surface area contributed by atoms with Gasteiger partial charge < -0.3 is 9.47 Å². The summed E-state index contributed by atoms with van der Waals surface area (Å²) in [5.41, 5.74) is 6.93. The van der Waals surface area contributed by atoms with Crippen LogP contribution in [0.4, 0.5) is 0 Å². The summed E-state index contributed by atoms with van der Waals surface area (Å²) in [5, 5.41) is 1.40. The maximum Gasteiger partial charge on any atom is 0.344 e. The quantitative estimate of drug-likeness (QED) is 0.225. The number of nitrogens with zero attached hydrogens (tertiary/aromatic N) is 1. The van der Waals surface area contributed by atoms with E-state index in [9.17, 15) is 4.79 Å². The summed E-state index contributed by atoms with van der Waals surface area (Å²) in [5.74, 6) is 0.752. The van der Waals surface area contributed by atoms with Gasteiger partial charge in [-0.05, 0) is 49.6 Å². The summed E-state index contributed by atoms with van der Waals surface area (Å²) in [6.45, 7) is 6.54. The molecular weight excluding hydrogens is 430 g/mol. The number of fused-ring (bicyclic) bond motifs is 1. The minimum atomic E-state index is -0.448. The number of carbonyl (C=O) groups is 1. The van der Waals surface area contributed by atoms with Crippen LogP contribution in [0.25, 0.3) is 10.9 Å². The minimum Gasteiger partial charge on any atom is -0.487 e. The fourth-order valence-electron chi connectivity index (χ4n) is 3.64. The Morgan fingerprint density at radius 3 is 2.42 bits per heavy atom. The Kier molecular flexibility index (Phi) is 6.99. The highest BCUT2D eigenvalue weighted by Gasteiger charge is 2.24. The zero-order valence-corrected chi connectivity index (χ0v) is 20.2. The molecular formula is C28H27NO3S. The molecule has 0 fully saturated rings. The molecule has 0 amide bonds. The standard InChI is InChI=1S/C28H27NO3S/c1-18-10-13-21(14-11-18)17-33-27-25(28(30)31-4)26(23-7-5-6-8-24(23)29-27)32-16-22-15-19(2)9-12-20(22)3/h5-15H,16-17H2,1-4H3. The van der Waals surface area contributed by atoms with Crippen LogP contribution >= 0.6 is 11.8 Å². The molecule has 0 unspecified atom stereocenters. The van der Waals surface area contributed by atoms with E-state index in [4.69, 9.17) is 14.5 Å². The smallest absolute Gasteiger partial charge is 0.344 e. The number of carbonyl (C=O) groups excluding carboxylic acids is 1. The van der Waals surface area contributed by atoms with E-state index in [2.05, 4.69) is 63.2 Å². The van der Waals surface area contributed by atoms with Gasteiger partial charge in [0.15, 0.2) is 0 Å². The van der Waals surface area contributed by atoms with Gasteiger partial charge in [-0.15, -0.1) is 11.8 Å². The number of hydrogen-bond donors (Lipinski definition) is 0. The largest absolute Gasteiger partial charge is 0.487 e. The fraction of sp³-hybridized carbons (Fsp3) is 0.214.